The second-order valence-electron chi connectivity index (χ2n) is 10.7. The van der Waals surface area contributed by atoms with Crippen LogP contribution >= 0.6 is 0 Å². The Bertz CT molecular complexity index is 855. The van der Waals surface area contributed by atoms with E-state index >= 15 is 0 Å². The van der Waals surface area contributed by atoms with Crippen molar-refractivity contribution < 1.29 is 27.6 Å². The molecular weight excluding hydrogens is 461 g/mol. The summed E-state index contributed by atoms with van der Waals surface area (Å²) in [6.07, 6.45) is -4.18. The summed E-state index contributed by atoms with van der Waals surface area (Å²) in [5.41, 5.74) is 7.60. The molecule has 10 heteroatoms. The number of hydrogen-bond acceptors (Lipinski definition) is 4. The van der Waals surface area contributed by atoms with Crippen molar-refractivity contribution in [2.45, 2.75) is 83.9 Å². The quantitative estimate of drug-likeness (QED) is 0.369. The van der Waals surface area contributed by atoms with E-state index in [2.05, 4.69) is 58.2 Å². The minimum Gasteiger partial charge on any atom is -0.353 e. The average molecular weight is 501 g/mol. The number of amides is 3. The molecule has 0 saturated carbocycles. The third-order valence-electron chi connectivity index (χ3n) is 5.46. The highest BCUT2D eigenvalue weighted by Gasteiger charge is 2.40. The van der Waals surface area contributed by atoms with Crippen LogP contribution in [0, 0.1) is 0 Å². The minimum absolute atomic E-state index is 0.00899. The normalized spacial score (nSPS) is 13.2. The van der Waals surface area contributed by atoms with Gasteiger partial charge >= 0.3 is 12.1 Å². The summed E-state index contributed by atoms with van der Waals surface area (Å²) >= 11 is 0. The average Bonchev–Trinajstić information content (AvgIpc) is 2.73. The van der Waals surface area contributed by atoms with Gasteiger partial charge in [0.1, 0.15) is 6.04 Å². The maximum Gasteiger partial charge on any atom is 0.471 e. The van der Waals surface area contributed by atoms with Crippen molar-refractivity contribution in [3.8, 4) is 0 Å². The highest BCUT2D eigenvalue weighted by molar-refractivity contribution is 5.95. The van der Waals surface area contributed by atoms with Gasteiger partial charge in [-0.25, -0.2) is 0 Å². The lowest BCUT2D eigenvalue weighted by Gasteiger charge is -2.26. The zero-order valence-electron chi connectivity index (χ0n) is 21.5. The van der Waals surface area contributed by atoms with Crippen molar-refractivity contribution in [1.82, 2.24) is 16.0 Å². The Morgan fingerprint density at radius 2 is 1.37 bits per heavy atom. The fourth-order valence-electron chi connectivity index (χ4n) is 3.21. The van der Waals surface area contributed by atoms with Crippen molar-refractivity contribution in [2.24, 2.45) is 5.73 Å². The van der Waals surface area contributed by atoms with E-state index in [1.54, 1.807) is 5.32 Å². The highest BCUT2D eigenvalue weighted by Crippen LogP contribution is 2.30. The highest BCUT2D eigenvalue weighted by atomic mass is 19.4. The number of benzene rings is 1. The number of carbonyl (C=O) groups is 3. The predicted molar refractivity (Wildman–Crippen MR) is 130 cm³/mol. The van der Waals surface area contributed by atoms with Gasteiger partial charge in [-0.15, -0.1) is 0 Å². The molecule has 5 N–H and O–H groups in total. The zero-order valence-corrected chi connectivity index (χ0v) is 21.5. The third kappa shape index (κ3) is 10.3. The molecule has 0 aliphatic rings. The first-order chi connectivity index (χ1) is 16.0. The summed E-state index contributed by atoms with van der Waals surface area (Å²) in [7, 11) is 0. The molecule has 0 aliphatic carbocycles. The standard InChI is InChI=1S/C25H39F3N4O3/c1-23(2,3)17-13-16(14-18(15-17)24(4,5)6)20(33)30-11-12-31-21(34)19(9-7-8-10-29)32-22(35)25(26,27)28/h13-15,19H,7-12,29H2,1-6H3,(H,30,33)(H,31,34)(H,32,35). The molecule has 3 amide bonds. The van der Waals surface area contributed by atoms with Gasteiger partial charge in [0, 0.05) is 18.7 Å². The molecule has 35 heavy (non-hydrogen) atoms. The summed E-state index contributed by atoms with van der Waals surface area (Å²) in [5, 5.41) is 6.94. The molecule has 0 bridgehead atoms. The van der Waals surface area contributed by atoms with Crippen LogP contribution in [0.1, 0.15) is 82.3 Å². The van der Waals surface area contributed by atoms with Crippen LogP contribution in [0.15, 0.2) is 18.2 Å². The van der Waals surface area contributed by atoms with E-state index in [1.165, 1.54) is 0 Å². The molecule has 1 aromatic carbocycles. The Balaban J connectivity index is 2.79. The first-order valence-corrected chi connectivity index (χ1v) is 11.8. The molecule has 1 unspecified atom stereocenters. The number of hydrogen-bond donors (Lipinski definition) is 4. The van der Waals surface area contributed by atoms with Crippen molar-refractivity contribution in [3.63, 3.8) is 0 Å². The van der Waals surface area contributed by atoms with Crippen molar-refractivity contribution in [2.75, 3.05) is 19.6 Å². The van der Waals surface area contributed by atoms with Crippen molar-refractivity contribution in [3.05, 3.63) is 34.9 Å². The maximum absolute atomic E-state index is 12.8. The Hall–Kier alpha value is -2.62. The summed E-state index contributed by atoms with van der Waals surface area (Å²) in [6.45, 7) is 12.8. The molecular formula is C25H39F3N4O3. The van der Waals surface area contributed by atoms with E-state index in [1.807, 2.05) is 12.1 Å². The lowest BCUT2D eigenvalue weighted by Crippen LogP contribution is -2.51. The number of halogens is 3. The van der Waals surface area contributed by atoms with Gasteiger partial charge in [0.2, 0.25) is 5.91 Å². The SMILES string of the molecule is CC(C)(C)c1cc(C(=O)NCCNC(=O)C(CCCCN)NC(=O)C(F)(F)F)cc(C(C)(C)C)c1. The van der Waals surface area contributed by atoms with Crippen LogP contribution in [0.5, 0.6) is 0 Å². The van der Waals surface area contributed by atoms with E-state index in [9.17, 15) is 27.6 Å². The van der Waals surface area contributed by atoms with Gasteiger partial charge in [0.15, 0.2) is 0 Å². The summed E-state index contributed by atoms with van der Waals surface area (Å²) in [6, 6.07) is 4.42. The molecule has 1 aromatic rings. The Labute approximate surface area is 205 Å². The van der Waals surface area contributed by atoms with E-state index in [-0.39, 0.29) is 36.2 Å². The van der Waals surface area contributed by atoms with Crippen LogP contribution in [0.25, 0.3) is 0 Å². The van der Waals surface area contributed by atoms with Crippen molar-refractivity contribution >= 4 is 17.7 Å². The van der Waals surface area contributed by atoms with Gasteiger partial charge in [0.05, 0.1) is 0 Å². The maximum atomic E-state index is 12.8. The molecule has 198 valence electrons. The molecule has 0 heterocycles. The number of unbranched alkanes of at least 4 members (excludes halogenated alkanes) is 1. The summed E-state index contributed by atoms with van der Waals surface area (Å²) in [4.78, 5) is 36.5. The van der Waals surface area contributed by atoms with Gasteiger partial charge in [-0.2, -0.15) is 13.2 Å². The zero-order chi connectivity index (χ0) is 27.0. The molecule has 1 rings (SSSR count). The molecule has 0 aromatic heterocycles. The molecule has 1 atom stereocenters. The van der Waals surface area contributed by atoms with Gasteiger partial charge in [-0.3, -0.25) is 14.4 Å². The van der Waals surface area contributed by atoms with Gasteiger partial charge in [0.25, 0.3) is 5.91 Å². The molecule has 7 nitrogen and oxygen atoms in total. The van der Waals surface area contributed by atoms with E-state index in [4.69, 9.17) is 5.73 Å². The predicted octanol–water partition coefficient (Wildman–Crippen LogP) is 3.30. The lowest BCUT2D eigenvalue weighted by atomic mass is 9.79. The van der Waals surface area contributed by atoms with Crippen LogP contribution in [0.3, 0.4) is 0 Å². The number of alkyl halides is 3. The molecule has 0 saturated heterocycles. The minimum atomic E-state index is -5.09. The molecule has 0 fully saturated rings. The van der Waals surface area contributed by atoms with Crippen LogP contribution in [0.2, 0.25) is 0 Å². The second kappa shape index (κ2) is 12.4. The van der Waals surface area contributed by atoms with Gasteiger partial charge in [-0.05, 0) is 59.9 Å². The third-order valence-corrected chi connectivity index (χ3v) is 5.46. The Kier molecular flexibility index (Phi) is 10.8. The summed E-state index contributed by atoms with van der Waals surface area (Å²) in [5.74, 6) is -3.24. The smallest absolute Gasteiger partial charge is 0.353 e. The first-order valence-electron chi connectivity index (χ1n) is 11.8. The van der Waals surface area contributed by atoms with E-state index < -0.39 is 24.0 Å². The van der Waals surface area contributed by atoms with Crippen LogP contribution in [-0.4, -0.2) is 49.6 Å². The van der Waals surface area contributed by atoms with E-state index in [0.29, 0.717) is 24.9 Å². The topological polar surface area (TPSA) is 113 Å². The van der Waals surface area contributed by atoms with E-state index in [0.717, 1.165) is 11.1 Å². The molecule has 0 radical (unpaired) electrons. The van der Waals surface area contributed by atoms with Gasteiger partial charge < -0.3 is 21.7 Å². The van der Waals surface area contributed by atoms with Crippen molar-refractivity contribution in [1.29, 1.82) is 0 Å². The fourth-order valence-corrected chi connectivity index (χ4v) is 3.21. The fraction of sp³-hybridized carbons (Fsp3) is 0.640. The number of carbonyl (C=O) groups excluding carboxylic acids is 3. The van der Waals surface area contributed by atoms with Crippen LogP contribution in [0.4, 0.5) is 13.2 Å². The van der Waals surface area contributed by atoms with Crippen LogP contribution < -0.4 is 21.7 Å². The lowest BCUT2D eigenvalue weighted by molar-refractivity contribution is -0.174. The Morgan fingerprint density at radius 1 is 0.857 bits per heavy atom. The van der Waals surface area contributed by atoms with Gasteiger partial charge in [-0.1, -0.05) is 47.6 Å². The largest absolute Gasteiger partial charge is 0.471 e. The number of rotatable bonds is 10. The molecule has 0 spiro atoms. The monoisotopic (exact) mass is 500 g/mol. The molecule has 0 aliphatic heterocycles. The summed E-state index contributed by atoms with van der Waals surface area (Å²) < 4.78 is 37.8. The first kappa shape index (κ1) is 30.4. The van der Waals surface area contributed by atoms with Crippen LogP contribution in [-0.2, 0) is 20.4 Å². The Morgan fingerprint density at radius 3 is 1.83 bits per heavy atom. The second-order valence-corrected chi connectivity index (χ2v) is 10.7. The number of nitrogens with one attached hydrogen (secondary N) is 3. The number of nitrogens with two attached hydrogens (primary N) is 1.